The fourth-order valence-corrected chi connectivity index (χ4v) is 3.63. The molecule has 2 aliphatic rings. The summed E-state index contributed by atoms with van der Waals surface area (Å²) >= 11 is 0. The van der Waals surface area contributed by atoms with Crippen molar-refractivity contribution >= 4 is 11.9 Å². The molecule has 1 aromatic heterocycles. The molecular formula is C21H27N5O3. The number of benzene rings is 1. The maximum Gasteiger partial charge on any atom is 0.237 e. The van der Waals surface area contributed by atoms with Crippen molar-refractivity contribution < 1.29 is 14.3 Å². The van der Waals surface area contributed by atoms with Gasteiger partial charge < -0.3 is 19.3 Å². The second-order valence-electron chi connectivity index (χ2n) is 7.20. The predicted octanol–water partition coefficient (Wildman–Crippen LogP) is 1.42. The molecule has 2 aliphatic heterocycles. The Balaban J connectivity index is 1.30. The lowest BCUT2D eigenvalue weighted by molar-refractivity contribution is -0.132. The zero-order chi connectivity index (χ0) is 20.1. The summed E-state index contributed by atoms with van der Waals surface area (Å²) in [4.78, 5) is 27.7. The number of piperazine rings is 1. The number of carbonyl (C=O) groups excluding carboxylic acids is 1. The molecule has 29 heavy (non-hydrogen) atoms. The van der Waals surface area contributed by atoms with Gasteiger partial charge in [0.15, 0.2) is 11.5 Å². The highest BCUT2D eigenvalue weighted by Crippen LogP contribution is 2.31. The van der Waals surface area contributed by atoms with E-state index >= 15 is 0 Å². The number of nitrogens with zero attached hydrogens (tertiary/aromatic N) is 5. The molecule has 0 N–H and O–H groups in total. The fourth-order valence-electron chi connectivity index (χ4n) is 3.63. The van der Waals surface area contributed by atoms with E-state index in [9.17, 15) is 4.79 Å². The Morgan fingerprint density at radius 2 is 1.79 bits per heavy atom. The zero-order valence-corrected chi connectivity index (χ0v) is 16.8. The molecule has 0 spiro atoms. The van der Waals surface area contributed by atoms with E-state index in [-0.39, 0.29) is 5.91 Å². The number of rotatable bonds is 6. The monoisotopic (exact) mass is 397 g/mol. The van der Waals surface area contributed by atoms with E-state index in [1.54, 1.807) is 12.4 Å². The molecule has 0 unspecified atom stereocenters. The normalized spacial score (nSPS) is 16.5. The second-order valence-corrected chi connectivity index (χ2v) is 7.20. The Labute approximate surface area is 171 Å². The third-order valence-corrected chi connectivity index (χ3v) is 5.28. The minimum Gasteiger partial charge on any atom is -0.486 e. The summed E-state index contributed by atoms with van der Waals surface area (Å²) in [5, 5.41) is 0. The van der Waals surface area contributed by atoms with Gasteiger partial charge in [0, 0.05) is 51.7 Å². The first-order chi connectivity index (χ1) is 14.2. The van der Waals surface area contributed by atoms with Gasteiger partial charge >= 0.3 is 0 Å². The van der Waals surface area contributed by atoms with Crippen LogP contribution in [-0.2, 0) is 11.3 Å². The van der Waals surface area contributed by atoms with Gasteiger partial charge in [-0.3, -0.25) is 9.69 Å². The maximum absolute atomic E-state index is 12.9. The third kappa shape index (κ3) is 4.76. The van der Waals surface area contributed by atoms with Crippen molar-refractivity contribution in [2.75, 3.05) is 57.4 Å². The summed E-state index contributed by atoms with van der Waals surface area (Å²) in [6.45, 7) is 8.13. The number of ether oxygens (including phenoxy) is 2. The van der Waals surface area contributed by atoms with Crippen LogP contribution in [0, 0.1) is 0 Å². The standard InChI is InChI=1S/C21H27N5O3/c1-2-25(15-17-4-5-18-19(14-17)29-13-12-28-18)20(27)16-24-8-10-26(11-9-24)21-22-6-3-7-23-21/h3-7,14H,2,8-13,15-16H2,1H3. The third-order valence-electron chi connectivity index (χ3n) is 5.28. The second kappa shape index (κ2) is 9.09. The smallest absolute Gasteiger partial charge is 0.237 e. The fraction of sp³-hybridized carbons (Fsp3) is 0.476. The van der Waals surface area contributed by atoms with Crippen LogP contribution in [-0.4, -0.2) is 78.2 Å². The number of carbonyl (C=O) groups is 1. The summed E-state index contributed by atoms with van der Waals surface area (Å²) in [5.41, 5.74) is 1.05. The molecule has 0 saturated carbocycles. The summed E-state index contributed by atoms with van der Waals surface area (Å²) < 4.78 is 11.2. The highest BCUT2D eigenvalue weighted by molar-refractivity contribution is 5.78. The Morgan fingerprint density at radius 3 is 2.52 bits per heavy atom. The van der Waals surface area contributed by atoms with Gasteiger partial charge in [-0.25, -0.2) is 9.97 Å². The Bertz CT molecular complexity index is 824. The highest BCUT2D eigenvalue weighted by atomic mass is 16.6. The number of aromatic nitrogens is 2. The van der Waals surface area contributed by atoms with Gasteiger partial charge in [-0.15, -0.1) is 0 Å². The Morgan fingerprint density at radius 1 is 1.07 bits per heavy atom. The molecule has 1 amide bonds. The van der Waals surface area contributed by atoms with Crippen LogP contribution in [0.1, 0.15) is 12.5 Å². The van der Waals surface area contributed by atoms with E-state index in [0.717, 1.165) is 49.2 Å². The van der Waals surface area contributed by atoms with Gasteiger partial charge in [0.05, 0.1) is 6.54 Å². The van der Waals surface area contributed by atoms with E-state index in [4.69, 9.17) is 9.47 Å². The van der Waals surface area contributed by atoms with Crippen LogP contribution in [0.5, 0.6) is 11.5 Å². The van der Waals surface area contributed by atoms with Crippen LogP contribution in [0.3, 0.4) is 0 Å². The lowest BCUT2D eigenvalue weighted by atomic mass is 10.1. The molecule has 8 heteroatoms. The number of anilines is 1. The largest absolute Gasteiger partial charge is 0.486 e. The summed E-state index contributed by atoms with van der Waals surface area (Å²) in [6, 6.07) is 7.72. The molecule has 1 saturated heterocycles. The van der Waals surface area contributed by atoms with Gasteiger partial charge in [-0.1, -0.05) is 6.07 Å². The van der Waals surface area contributed by atoms with Crippen molar-refractivity contribution in [3.05, 3.63) is 42.2 Å². The number of amides is 1. The van der Waals surface area contributed by atoms with Crippen molar-refractivity contribution in [1.29, 1.82) is 0 Å². The quantitative estimate of drug-likeness (QED) is 0.730. The van der Waals surface area contributed by atoms with E-state index in [1.807, 2.05) is 36.1 Å². The molecule has 8 nitrogen and oxygen atoms in total. The van der Waals surface area contributed by atoms with Crippen molar-refractivity contribution in [3.8, 4) is 11.5 Å². The average molecular weight is 397 g/mol. The minimum atomic E-state index is 0.145. The van der Waals surface area contributed by atoms with Crippen LogP contribution < -0.4 is 14.4 Å². The zero-order valence-electron chi connectivity index (χ0n) is 16.8. The molecule has 0 bridgehead atoms. The van der Waals surface area contributed by atoms with Crippen LogP contribution in [0.2, 0.25) is 0 Å². The van der Waals surface area contributed by atoms with Crippen LogP contribution in [0.15, 0.2) is 36.7 Å². The molecule has 1 fully saturated rings. The molecule has 0 radical (unpaired) electrons. The Kier molecular flexibility index (Phi) is 6.09. The van der Waals surface area contributed by atoms with E-state index in [1.165, 1.54) is 0 Å². The molecule has 3 heterocycles. The average Bonchev–Trinajstić information content (AvgIpc) is 2.78. The number of hydrogen-bond acceptors (Lipinski definition) is 7. The summed E-state index contributed by atoms with van der Waals surface area (Å²) in [5.74, 6) is 2.44. The maximum atomic E-state index is 12.9. The predicted molar refractivity (Wildman–Crippen MR) is 109 cm³/mol. The van der Waals surface area contributed by atoms with Crippen LogP contribution in [0.4, 0.5) is 5.95 Å². The highest BCUT2D eigenvalue weighted by Gasteiger charge is 2.23. The molecule has 0 atom stereocenters. The van der Waals surface area contributed by atoms with E-state index < -0.39 is 0 Å². The molecule has 154 valence electrons. The SMILES string of the molecule is CCN(Cc1ccc2c(c1)OCCO2)C(=O)CN1CCN(c2ncccn2)CC1. The van der Waals surface area contributed by atoms with E-state index in [0.29, 0.717) is 32.8 Å². The number of hydrogen-bond donors (Lipinski definition) is 0. The van der Waals surface area contributed by atoms with Gasteiger partial charge in [0.1, 0.15) is 13.2 Å². The van der Waals surface area contributed by atoms with Crippen molar-refractivity contribution in [2.45, 2.75) is 13.5 Å². The van der Waals surface area contributed by atoms with Gasteiger partial charge in [-0.2, -0.15) is 0 Å². The Hall–Kier alpha value is -2.87. The molecule has 2 aromatic rings. The lowest BCUT2D eigenvalue weighted by Crippen LogP contribution is -2.50. The first kappa shape index (κ1) is 19.4. The molecule has 4 rings (SSSR count). The number of likely N-dealkylation sites (N-methyl/N-ethyl adjacent to an activating group) is 1. The van der Waals surface area contributed by atoms with Gasteiger partial charge in [-0.05, 0) is 30.7 Å². The van der Waals surface area contributed by atoms with Crippen molar-refractivity contribution in [3.63, 3.8) is 0 Å². The molecule has 0 aliphatic carbocycles. The lowest BCUT2D eigenvalue weighted by Gasteiger charge is -2.35. The summed E-state index contributed by atoms with van der Waals surface area (Å²) in [6.07, 6.45) is 3.52. The summed E-state index contributed by atoms with van der Waals surface area (Å²) in [7, 11) is 0. The van der Waals surface area contributed by atoms with E-state index in [2.05, 4.69) is 19.8 Å². The minimum absolute atomic E-state index is 0.145. The van der Waals surface area contributed by atoms with Crippen LogP contribution in [0.25, 0.3) is 0 Å². The van der Waals surface area contributed by atoms with Gasteiger partial charge in [0.2, 0.25) is 11.9 Å². The molecule has 1 aromatic carbocycles. The van der Waals surface area contributed by atoms with Crippen molar-refractivity contribution in [1.82, 2.24) is 19.8 Å². The first-order valence-corrected chi connectivity index (χ1v) is 10.1. The number of fused-ring (bicyclic) bond motifs is 1. The topological polar surface area (TPSA) is 71.0 Å². The molecular weight excluding hydrogens is 370 g/mol. The van der Waals surface area contributed by atoms with Crippen LogP contribution >= 0.6 is 0 Å². The van der Waals surface area contributed by atoms with Crippen molar-refractivity contribution in [2.24, 2.45) is 0 Å². The van der Waals surface area contributed by atoms with Gasteiger partial charge in [0.25, 0.3) is 0 Å². The first-order valence-electron chi connectivity index (χ1n) is 10.1.